The molecule has 4 nitrogen and oxygen atoms in total. The van der Waals surface area contributed by atoms with E-state index in [2.05, 4.69) is 27.3 Å². The van der Waals surface area contributed by atoms with Crippen LogP contribution in [-0.4, -0.2) is 8.42 Å². The van der Waals surface area contributed by atoms with Gasteiger partial charge in [-0.05, 0) is 58.0 Å². The Hall–Kier alpha value is -1.74. The highest BCUT2D eigenvalue weighted by molar-refractivity contribution is 14.1. The number of nitrogens with one attached hydrogen (secondary N) is 1. The third-order valence-electron chi connectivity index (χ3n) is 4.11. The molecular weight excluding hydrogens is 459 g/mol. The fraction of sp³-hybridized carbons (Fsp3) is 0.100. The van der Waals surface area contributed by atoms with Crippen molar-refractivity contribution in [1.82, 2.24) is 4.72 Å². The molecule has 134 valence electrons. The number of halogens is 1. The van der Waals surface area contributed by atoms with E-state index in [0.717, 1.165) is 14.7 Å². The van der Waals surface area contributed by atoms with Gasteiger partial charge in [-0.25, -0.2) is 13.1 Å². The zero-order valence-corrected chi connectivity index (χ0v) is 16.9. The zero-order chi connectivity index (χ0) is 18.6. The van der Waals surface area contributed by atoms with Crippen molar-refractivity contribution in [1.29, 1.82) is 0 Å². The number of hydrogen-bond donors (Lipinski definition) is 2. The van der Waals surface area contributed by atoms with Crippen LogP contribution in [-0.2, 0) is 10.0 Å². The molecular formula is C20H19IN2O2S. The SMILES string of the molecule is N[C@H](c1ccccc1)[C@H](NS(=O)(=O)c1ccc(I)cc1)c1ccccc1. The third kappa shape index (κ3) is 4.50. The summed E-state index contributed by atoms with van der Waals surface area (Å²) in [5.74, 6) is 0. The summed E-state index contributed by atoms with van der Waals surface area (Å²) in [5, 5.41) is 0. The number of hydrogen-bond acceptors (Lipinski definition) is 3. The average Bonchev–Trinajstić information content (AvgIpc) is 2.67. The molecule has 0 radical (unpaired) electrons. The molecule has 3 rings (SSSR count). The van der Waals surface area contributed by atoms with Gasteiger partial charge in [-0.15, -0.1) is 0 Å². The maximum Gasteiger partial charge on any atom is 0.241 e. The second kappa shape index (κ2) is 8.30. The van der Waals surface area contributed by atoms with Crippen LogP contribution >= 0.6 is 22.6 Å². The lowest BCUT2D eigenvalue weighted by Crippen LogP contribution is -2.36. The van der Waals surface area contributed by atoms with Crippen molar-refractivity contribution < 1.29 is 8.42 Å². The number of sulfonamides is 1. The van der Waals surface area contributed by atoms with Gasteiger partial charge in [0.2, 0.25) is 10.0 Å². The molecule has 0 fully saturated rings. The minimum Gasteiger partial charge on any atom is -0.322 e. The molecule has 0 bridgehead atoms. The molecule has 3 N–H and O–H groups in total. The van der Waals surface area contributed by atoms with Crippen LogP contribution in [0.1, 0.15) is 23.2 Å². The number of nitrogens with two attached hydrogens (primary N) is 1. The van der Waals surface area contributed by atoms with Crippen molar-refractivity contribution in [2.45, 2.75) is 17.0 Å². The van der Waals surface area contributed by atoms with Crippen LogP contribution in [0.25, 0.3) is 0 Å². The largest absolute Gasteiger partial charge is 0.322 e. The molecule has 26 heavy (non-hydrogen) atoms. The maximum absolute atomic E-state index is 12.9. The van der Waals surface area contributed by atoms with E-state index in [1.54, 1.807) is 24.3 Å². The van der Waals surface area contributed by atoms with Crippen LogP contribution in [0.3, 0.4) is 0 Å². The Morgan fingerprint density at radius 2 is 1.27 bits per heavy atom. The first-order chi connectivity index (χ1) is 12.5. The molecule has 2 atom stereocenters. The number of benzene rings is 3. The van der Waals surface area contributed by atoms with Crippen molar-refractivity contribution in [3.8, 4) is 0 Å². The van der Waals surface area contributed by atoms with Gasteiger partial charge in [-0.3, -0.25) is 0 Å². The Bertz CT molecular complexity index is 946. The number of rotatable bonds is 6. The topological polar surface area (TPSA) is 72.2 Å². The van der Waals surface area contributed by atoms with Crippen molar-refractivity contribution >= 4 is 32.6 Å². The van der Waals surface area contributed by atoms with Crippen LogP contribution in [0.5, 0.6) is 0 Å². The second-order valence-corrected chi connectivity index (χ2v) is 8.86. The first-order valence-electron chi connectivity index (χ1n) is 8.11. The predicted molar refractivity (Wildman–Crippen MR) is 112 cm³/mol. The summed E-state index contributed by atoms with van der Waals surface area (Å²) in [5.41, 5.74) is 8.14. The highest BCUT2D eigenvalue weighted by Crippen LogP contribution is 2.28. The Balaban J connectivity index is 1.97. The van der Waals surface area contributed by atoms with Gasteiger partial charge < -0.3 is 5.73 Å². The fourth-order valence-electron chi connectivity index (χ4n) is 2.73. The van der Waals surface area contributed by atoms with Crippen molar-refractivity contribution in [3.05, 3.63) is 99.6 Å². The monoisotopic (exact) mass is 478 g/mol. The van der Waals surface area contributed by atoms with Crippen LogP contribution in [0.2, 0.25) is 0 Å². The third-order valence-corrected chi connectivity index (χ3v) is 6.28. The summed E-state index contributed by atoms with van der Waals surface area (Å²) >= 11 is 2.14. The van der Waals surface area contributed by atoms with E-state index in [0.29, 0.717) is 0 Å². The normalized spacial score (nSPS) is 13.9. The van der Waals surface area contributed by atoms with E-state index in [-0.39, 0.29) is 4.90 Å². The molecule has 0 saturated carbocycles. The van der Waals surface area contributed by atoms with E-state index in [4.69, 9.17) is 5.73 Å². The lowest BCUT2D eigenvalue weighted by atomic mass is 9.95. The van der Waals surface area contributed by atoms with Crippen molar-refractivity contribution in [3.63, 3.8) is 0 Å². The highest BCUT2D eigenvalue weighted by Gasteiger charge is 2.27. The van der Waals surface area contributed by atoms with Gasteiger partial charge in [-0.2, -0.15) is 0 Å². The predicted octanol–water partition coefficient (Wildman–Crippen LogP) is 4.01. The summed E-state index contributed by atoms with van der Waals surface area (Å²) in [6.07, 6.45) is 0. The van der Waals surface area contributed by atoms with Gasteiger partial charge in [0.1, 0.15) is 0 Å². The molecule has 3 aromatic rings. The average molecular weight is 478 g/mol. The first-order valence-corrected chi connectivity index (χ1v) is 10.7. The van der Waals surface area contributed by atoms with E-state index in [1.807, 2.05) is 60.7 Å². The molecule has 3 aromatic carbocycles. The molecule has 0 heterocycles. The molecule has 6 heteroatoms. The van der Waals surface area contributed by atoms with Crippen LogP contribution in [0.4, 0.5) is 0 Å². The molecule has 0 aliphatic carbocycles. The minimum absolute atomic E-state index is 0.221. The van der Waals surface area contributed by atoms with E-state index in [1.165, 1.54) is 0 Å². The van der Waals surface area contributed by atoms with Crippen LogP contribution in [0.15, 0.2) is 89.8 Å². The quantitative estimate of drug-likeness (QED) is 0.526. The summed E-state index contributed by atoms with van der Waals surface area (Å²) in [4.78, 5) is 0.221. The van der Waals surface area contributed by atoms with Crippen LogP contribution in [0, 0.1) is 3.57 Å². The van der Waals surface area contributed by atoms with E-state index < -0.39 is 22.1 Å². The van der Waals surface area contributed by atoms with Crippen molar-refractivity contribution in [2.24, 2.45) is 5.73 Å². The van der Waals surface area contributed by atoms with Crippen LogP contribution < -0.4 is 10.5 Å². The lowest BCUT2D eigenvalue weighted by molar-refractivity contribution is 0.504. The standard InChI is InChI=1S/C20H19IN2O2S/c21-17-11-13-18(14-12-17)26(24,25)23-20(16-9-5-2-6-10-16)19(22)15-7-3-1-4-8-15/h1-14,19-20,23H,22H2/t19-,20-/m1/s1. The second-order valence-electron chi connectivity index (χ2n) is 5.90. The maximum atomic E-state index is 12.9. The van der Waals surface area contributed by atoms with Gasteiger partial charge in [0.05, 0.1) is 17.0 Å². The highest BCUT2D eigenvalue weighted by atomic mass is 127. The van der Waals surface area contributed by atoms with E-state index in [9.17, 15) is 8.42 Å². The van der Waals surface area contributed by atoms with Crippen molar-refractivity contribution in [2.75, 3.05) is 0 Å². The summed E-state index contributed by atoms with van der Waals surface area (Å²) in [6, 6.07) is 24.5. The summed E-state index contributed by atoms with van der Waals surface area (Å²) in [7, 11) is -3.71. The molecule has 0 amide bonds. The molecule has 0 aromatic heterocycles. The fourth-order valence-corrected chi connectivity index (χ4v) is 4.33. The molecule has 0 saturated heterocycles. The molecule has 0 unspecified atom stereocenters. The minimum atomic E-state index is -3.71. The zero-order valence-electron chi connectivity index (χ0n) is 13.9. The first kappa shape index (κ1) is 19.0. The van der Waals surface area contributed by atoms with Gasteiger partial charge in [0, 0.05) is 3.57 Å². The smallest absolute Gasteiger partial charge is 0.241 e. The Labute approximate surface area is 167 Å². The van der Waals surface area contributed by atoms with Gasteiger partial charge in [-0.1, -0.05) is 60.7 Å². The Morgan fingerprint density at radius 1 is 0.769 bits per heavy atom. The summed E-state index contributed by atoms with van der Waals surface area (Å²) in [6.45, 7) is 0. The van der Waals surface area contributed by atoms with Gasteiger partial charge in [0.25, 0.3) is 0 Å². The van der Waals surface area contributed by atoms with Gasteiger partial charge >= 0.3 is 0 Å². The molecule has 0 spiro atoms. The molecule has 0 aliphatic heterocycles. The summed E-state index contributed by atoms with van der Waals surface area (Å²) < 4.78 is 29.6. The molecule has 0 aliphatic rings. The van der Waals surface area contributed by atoms with E-state index >= 15 is 0 Å². The Kier molecular flexibility index (Phi) is 6.08. The Morgan fingerprint density at radius 3 is 1.81 bits per heavy atom. The van der Waals surface area contributed by atoms with Gasteiger partial charge in [0.15, 0.2) is 0 Å². The lowest BCUT2D eigenvalue weighted by Gasteiger charge is -2.26.